The van der Waals surface area contributed by atoms with Crippen molar-refractivity contribution in [1.29, 1.82) is 0 Å². The Morgan fingerprint density at radius 3 is 2.68 bits per heavy atom. The Morgan fingerprint density at radius 1 is 1.11 bits per heavy atom. The third-order valence-electron chi connectivity index (χ3n) is 6.86. The van der Waals surface area contributed by atoms with E-state index in [2.05, 4.69) is 39.8 Å². The number of nitrogens with zero attached hydrogens (tertiary/aromatic N) is 2. The highest BCUT2D eigenvalue weighted by molar-refractivity contribution is 5.88. The summed E-state index contributed by atoms with van der Waals surface area (Å²) < 4.78 is 0. The maximum Gasteiger partial charge on any atom is 0.242 e. The van der Waals surface area contributed by atoms with Crippen molar-refractivity contribution >= 4 is 11.8 Å². The summed E-state index contributed by atoms with van der Waals surface area (Å²) in [5.41, 5.74) is 1.02. The lowest BCUT2D eigenvalue weighted by Gasteiger charge is -2.38. The van der Waals surface area contributed by atoms with Gasteiger partial charge < -0.3 is 15.5 Å². The van der Waals surface area contributed by atoms with E-state index in [-0.39, 0.29) is 23.8 Å². The number of nitrogens with one attached hydrogen (secondary N) is 2. The van der Waals surface area contributed by atoms with Crippen LogP contribution in [0.2, 0.25) is 0 Å². The van der Waals surface area contributed by atoms with Crippen LogP contribution in [0.5, 0.6) is 0 Å². The number of rotatable bonds is 5. The van der Waals surface area contributed by atoms with E-state index in [0.717, 1.165) is 65.1 Å². The summed E-state index contributed by atoms with van der Waals surface area (Å²) >= 11 is 0. The molecule has 2 N–H and O–H groups in total. The molecule has 28 heavy (non-hydrogen) atoms. The molecule has 1 saturated carbocycles. The molecule has 1 aromatic rings. The molecule has 0 bridgehead atoms. The van der Waals surface area contributed by atoms with E-state index >= 15 is 0 Å². The predicted molar refractivity (Wildman–Crippen MR) is 109 cm³/mol. The Hall–Kier alpha value is -1.92. The molecule has 2 aliphatic heterocycles. The number of piperazine rings is 1. The van der Waals surface area contributed by atoms with Gasteiger partial charge in [0.05, 0.1) is 12.0 Å². The number of amides is 2. The van der Waals surface area contributed by atoms with E-state index in [0.29, 0.717) is 5.92 Å². The lowest BCUT2D eigenvalue weighted by molar-refractivity contribution is -0.139. The van der Waals surface area contributed by atoms with Gasteiger partial charge in [0.2, 0.25) is 11.8 Å². The Kier molecular flexibility index (Phi) is 5.97. The summed E-state index contributed by atoms with van der Waals surface area (Å²) in [5, 5.41) is 6.38. The van der Waals surface area contributed by atoms with E-state index in [4.69, 9.17) is 0 Å². The van der Waals surface area contributed by atoms with Gasteiger partial charge in [-0.05, 0) is 30.9 Å². The molecule has 2 saturated heterocycles. The van der Waals surface area contributed by atoms with Crippen molar-refractivity contribution in [1.82, 2.24) is 20.4 Å². The third kappa shape index (κ3) is 4.08. The monoisotopic (exact) mass is 384 g/mol. The zero-order valence-corrected chi connectivity index (χ0v) is 16.7. The topological polar surface area (TPSA) is 64.7 Å². The van der Waals surface area contributed by atoms with Gasteiger partial charge in [0.1, 0.15) is 0 Å². The van der Waals surface area contributed by atoms with Crippen LogP contribution in [0, 0.1) is 11.3 Å². The maximum absolute atomic E-state index is 12.9. The molecule has 1 aromatic carbocycles. The predicted octanol–water partition coefficient (Wildman–Crippen LogP) is 1.23. The smallest absolute Gasteiger partial charge is 0.242 e. The molecule has 0 aromatic heterocycles. The summed E-state index contributed by atoms with van der Waals surface area (Å²) in [6.45, 7) is 5.98. The first-order valence-corrected chi connectivity index (χ1v) is 10.7. The quantitative estimate of drug-likeness (QED) is 0.801. The number of benzene rings is 1. The Balaban J connectivity index is 1.23. The van der Waals surface area contributed by atoms with Crippen LogP contribution in [-0.4, -0.2) is 67.4 Å². The summed E-state index contributed by atoms with van der Waals surface area (Å²) in [7, 11) is 0. The second-order valence-corrected chi connectivity index (χ2v) is 8.55. The lowest BCUT2D eigenvalue weighted by atomic mass is 9.67. The van der Waals surface area contributed by atoms with Crippen LogP contribution in [0.3, 0.4) is 0 Å². The van der Waals surface area contributed by atoms with Gasteiger partial charge in [-0.15, -0.1) is 0 Å². The summed E-state index contributed by atoms with van der Waals surface area (Å²) in [6, 6.07) is 10.4. The first-order chi connectivity index (χ1) is 13.7. The summed E-state index contributed by atoms with van der Waals surface area (Å²) in [6.07, 6.45) is 4.40. The molecular formula is C22H32N4O2. The molecule has 0 spiro atoms. The number of fused-ring (bicyclic) bond motifs is 1. The maximum atomic E-state index is 12.9. The van der Waals surface area contributed by atoms with Crippen LogP contribution in [0.4, 0.5) is 0 Å². The molecule has 0 radical (unpaired) electrons. The third-order valence-corrected chi connectivity index (χ3v) is 6.86. The molecule has 6 nitrogen and oxygen atoms in total. The van der Waals surface area contributed by atoms with Gasteiger partial charge in [0.25, 0.3) is 0 Å². The SMILES string of the molecule is O=C(CNC(=O)[C@@]12CCCC[C@H]1CNC2)N1CCN(Cc2ccccc2)CC1. The molecule has 4 rings (SSSR count). The van der Waals surface area contributed by atoms with Crippen LogP contribution < -0.4 is 10.6 Å². The van der Waals surface area contributed by atoms with E-state index in [1.165, 1.54) is 12.0 Å². The molecule has 152 valence electrons. The molecule has 3 fully saturated rings. The van der Waals surface area contributed by atoms with Crippen LogP contribution >= 0.6 is 0 Å². The fourth-order valence-corrected chi connectivity index (χ4v) is 5.13. The summed E-state index contributed by atoms with van der Waals surface area (Å²) in [4.78, 5) is 29.8. The van der Waals surface area contributed by atoms with Crippen molar-refractivity contribution in [2.45, 2.75) is 32.2 Å². The molecule has 2 heterocycles. The highest BCUT2D eigenvalue weighted by Crippen LogP contribution is 2.43. The zero-order chi connectivity index (χ0) is 19.4. The number of hydrogen-bond acceptors (Lipinski definition) is 4. The normalized spacial score (nSPS) is 28.0. The van der Waals surface area contributed by atoms with Crippen LogP contribution in [-0.2, 0) is 16.1 Å². The van der Waals surface area contributed by atoms with E-state index < -0.39 is 0 Å². The van der Waals surface area contributed by atoms with Crippen molar-refractivity contribution < 1.29 is 9.59 Å². The van der Waals surface area contributed by atoms with Gasteiger partial charge in [-0.1, -0.05) is 43.2 Å². The van der Waals surface area contributed by atoms with Gasteiger partial charge >= 0.3 is 0 Å². The standard InChI is InChI=1S/C22H32N4O2/c27-20(15-24-21(28)22-9-5-4-8-19(22)14-23-17-22)26-12-10-25(11-13-26)16-18-6-2-1-3-7-18/h1-3,6-7,19,23H,4-5,8-17H2,(H,24,28)/t19-,22+/m0/s1. The van der Waals surface area contributed by atoms with Crippen molar-refractivity contribution in [2.75, 3.05) is 45.8 Å². The largest absolute Gasteiger partial charge is 0.346 e. The minimum Gasteiger partial charge on any atom is -0.346 e. The van der Waals surface area contributed by atoms with E-state index in [9.17, 15) is 9.59 Å². The van der Waals surface area contributed by atoms with Gasteiger partial charge in [-0.2, -0.15) is 0 Å². The van der Waals surface area contributed by atoms with Crippen molar-refractivity contribution in [3.63, 3.8) is 0 Å². The molecular weight excluding hydrogens is 352 g/mol. The Labute approximate surface area is 167 Å². The van der Waals surface area contributed by atoms with Crippen LogP contribution in [0.25, 0.3) is 0 Å². The van der Waals surface area contributed by atoms with Crippen LogP contribution in [0.15, 0.2) is 30.3 Å². The second kappa shape index (κ2) is 8.62. The highest BCUT2D eigenvalue weighted by atomic mass is 16.2. The van der Waals surface area contributed by atoms with Gasteiger partial charge in [-0.3, -0.25) is 14.5 Å². The Bertz CT molecular complexity index is 687. The van der Waals surface area contributed by atoms with E-state index in [1.54, 1.807) is 0 Å². The van der Waals surface area contributed by atoms with E-state index in [1.807, 2.05) is 11.0 Å². The molecule has 0 unspecified atom stereocenters. The fourth-order valence-electron chi connectivity index (χ4n) is 5.13. The number of hydrogen-bond donors (Lipinski definition) is 2. The van der Waals surface area contributed by atoms with Gasteiger partial charge in [-0.25, -0.2) is 0 Å². The molecule has 1 aliphatic carbocycles. The van der Waals surface area contributed by atoms with Crippen molar-refractivity contribution in [2.24, 2.45) is 11.3 Å². The van der Waals surface area contributed by atoms with Crippen LogP contribution in [0.1, 0.15) is 31.2 Å². The van der Waals surface area contributed by atoms with Gasteiger partial charge in [0.15, 0.2) is 0 Å². The molecule has 2 atom stereocenters. The molecule has 6 heteroatoms. The Morgan fingerprint density at radius 2 is 1.89 bits per heavy atom. The first kappa shape index (κ1) is 19.4. The lowest BCUT2D eigenvalue weighted by Crippen LogP contribution is -2.53. The van der Waals surface area contributed by atoms with Crippen molar-refractivity contribution in [3.8, 4) is 0 Å². The highest BCUT2D eigenvalue weighted by Gasteiger charge is 2.49. The average Bonchev–Trinajstić information content (AvgIpc) is 3.18. The summed E-state index contributed by atoms with van der Waals surface area (Å²) in [5.74, 6) is 0.554. The minimum absolute atomic E-state index is 0.0439. The zero-order valence-electron chi connectivity index (χ0n) is 16.7. The van der Waals surface area contributed by atoms with Gasteiger partial charge in [0, 0.05) is 39.3 Å². The minimum atomic E-state index is -0.285. The fraction of sp³-hybridized carbons (Fsp3) is 0.636. The molecule has 3 aliphatic rings. The average molecular weight is 385 g/mol. The van der Waals surface area contributed by atoms with Crippen molar-refractivity contribution in [3.05, 3.63) is 35.9 Å². The molecule has 2 amide bonds. The first-order valence-electron chi connectivity index (χ1n) is 10.7. The number of carbonyl (C=O) groups is 2. The second-order valence-electron chi connectivity index (χ2n) is 8.55. The number of carbonyl (C=O) groups excluding carboxylic acids is 2.